The summed E-state index contributed by atoms with van der Waals surface area (Å²) in [5.41, 5.74) is 1.56. The SMILES string of the molecule is COc1ccc(-c2c(C)noc2NC(C)=O)cc1S(=O)(=O)N1CCN(c2ncccn2)CC1. The summed E-state index contributed by atoms with van der Waals surface area (Å²) < 4.78 is 39.1. The maximum absolute atomic E-state index is 13.6. The van der Waals surface area contributed by atoms with E-state index >= 15 is 0 Å². The molecule has 0 spiro atoms. The van der Waals surface area contributed by atoms with E-state index in [4.69, 9.17) is 9.26 Å². The Kier molecular flexibility index (Phi) is 6.29. The summed E-state index contributed by atoms with van der Waals surface area (Å²) >= 11 is 0. The first-order valence-corrected chi connectivity index (χ1v) is 11.7. The van der Waals surface area contributed by atoms with E-state index in [9.17, 15) is 13.2 Å². The zero-order valence-electron chi connectivity index (χ0n) is 18.5. The van der Waals surface area contributed by atoms with Crippen LogP contribution in [0.5, 0.6) is 5.75 Å². The molecule has 11 nitrogen and oxygen atoms in total. The number of anilines is 2. The Morgan fingerprint density at radius 3 is 2.48 bits per heavy atom. The van der Waals surface area contributed by atoms with Crippen LogP contribution < -0.4 is 15.0 Å². The third-order valence-electron chi connectivity index (χ3n) is 5.30. The third kappa shape index (κ3) is 4.52. The second-order valence-electron chi connectivity index (χ2n) is 7.46. The minimum atomic E-state index is -3.87. The number of methoxy groups -OCH3 is 1. The topological polar surface area (TPSA) is 131 Å². The Morgan fingerprint density at radius 2 is 1.85 bits per heavy atom. The van der Waals surface area contributed by atoms with E-state index in [1.165, 1.54) is 24.4 Å². The normalized spacial score (nSPS) is 14.8. The van der Waals surface area contributed by atoms with Gasteiger partial charge < -0.3 is 14.2 Å². The first-order chi connectivity index (χ1) is 15.8. The molecule has 174 valence electrons. The molecule has 0 bridgehead atoms. The number of carbonyl (C=O) groups is 1. The molecule has 1 amide bonds. The van der Waals surface area contributed by atoms with Crippen molar-refractivity contribution in [2.24, 2.45) is 0 Å². The number of rotatable bonds is 6. The number of hydrogen-bond donors (Lipinski definition) is 1. The highest BCUT2D eigenvalue weighted by molar-refractivity contribution is 7.89. The van der Waals surface area contributed by atoms with Crippen molar-refractivity contribution in [2.75, 3.05) is 43.5 Å². The van der Waals surface area contributed by atoms with Crippen LogP contribution in [0.15, 0.2) is 46.1 Å². The second-order valence-corrected chi connectivity index (χ2v) is 9.37. The van der Waals surface area contributed by atoms with E-state index in [0.29, 0.717) is 35.9 Å². The number of sulfonamides is 1. The van der Waals surface area contributed by atoms with Gasteiger partial charge >= 0.3 is 0 Å². The van der Waals surface area contributed by atoms with Crippen LogP contribution in [0.3, 0.4) is 0 Å². The van der Waals surface area contributed by atoms with Crippen LogP contribution in [0.2, 0.25) is 0 Å². The molecule has 1 saturated heterocycles. The number of nitrogens with zero attached hydrogens (tertiary/aromatic N) is 5. The summed E-state index contributed by atoms with van der Waals surface area (Å²) in [6.45, 7) is 4.54. The van der Waals surface area contributed by atoms with Crippen LogP contribution in [0.4, 0.5) is 11.8 Å². The van der Waals surface area contributed by atoms with Gasteiger partial charge in [0.1, 0.15) is 10.6 Å². The monoisotopic (exact) mass is 472 g/mol. The average Bonchev–Trinajstić information content (AvgIpc) is 3.18. The summed E-state index contributed by atoms with van der Waals surface area (Å²) in [5.74, 6) is 0.629. The number of aryl methyl sites for hydroxylation is 1. The van der Waals surface area contributed by atoms with E-state index in [1.54, 1.807) is 37.5 Å². The first kappa shape index (κ1) is 22.7. The van der Waals surface area contributed by atoms with Gasteiger partial charge in [0, 0.05) is 45.5 Å². The number of nitrogens with one attached hydrogen (secondary N) is 1. The Bertz CT molecular complexity index is 1250. The zero-order valence-corrected chi connectivity index (χ0v) is 19.3. The zero-order chi connectivity index (χ0) is 23.6. The summed E-state index contributed by atoms with van der Waals surface area (Å²) in [5, 5.41) is 6.50. The molecule has 1 N–H and O–H groups in total. The molecule has 3 aromatic rings. The van der Waals surface area contributed by atoms with Gasteiger partial charge in [-0.05, 0) is 30.7 Å². The summed E-state index contributed by atoms with van der Waals surface area (Å²) in [7, 11) is -2.45. The highest BCUT2D eigenvalue weighted by Crippen LogP contribution is 2.37. The number of carbonyl (C=O) groups excluding carboxylic acids is 1. The molecular formula is C21H24N6O5S. The Labute approximate surface area is 191 Å². The van der Waals surface area contributed by atoms with Crippen molar-refractivity contribution >= 4 is 27.8 Å². The lowest BCUT2D eigenvalue weighted by Crippen LogP contribution is -2.49. The van der Waals surface area contributed by atoms with Crippen LogP contribution in [-0.4, -0.2) is 67.0 Å². The van der Waals surface area contributed by atoms with Gasteiger partial charge in [0.25, 0.3) is 0 Å². The predicted octanol–water partition coefficient (Wildman–Crippen LogP) is 1.92. The lowest BCUT2D eigenvalue weighted by Gasteiger charge is -2.34. The van der Waals surface area contributed by atoms with Crippen LogP contribution >= 0.6 is 0 Å². The van der Waals surface area contributed by atoms with E-state index in [0.717, 1.165) is 0 Å². The molecule has 3 heterocycles. The minimum absolute atomic E-state index is 0.0290. The minimum Gasteiger partial charge on any atom is -0.495 e. The first-order valence-electron chi connectivity index (χ1n) is 10.3. The van der Waals surface area contributed by atoms with Crippen molar-refractivity contribution in [1.29, 1.82) is 0 Å². The van der Waals surface area contributed by atoms with E-state index < -0.39 is 10.0 Å². The fourth-order valence-corrected chi connectivity index (χ4v) is 5.31. The number of piperazine rings is 1. The maximum atomic E-state index is 13.6. The van der Waals surface area contributed by atoms with Gasteiger partial charge in [0.2, 0.25) is 27.8 Å². The summed E-state index contributed by atoms with van der Waals surface area (Å²) in [4.78, 5) is 22.0. The molecule has 12 heteroatoms. The highest BCUT2D eigenvalue weighted by Gasteiger charge is 2.32. The Hall–Kier alpha value is -3.51. The predicted molar refractivity (Wildman–Crippen MR) is 121 cm³/mol. The van der Waals surface area contributed by atoms with Crippen LogP contribution in [0, 0.1) is 6.92 Å². The molecule has 0 aliphatic carbocycles. The second kappa shape index (κ2) is 9.16. The number of benzene rings is 1. The lowest BCUT2D eigenvalue weighted by atomic mass is 10.1. The van der Waals surface area contributed by atoms with Crippen molar-refractivity contribution in [3.05, 3.63) is 42.4 Å². The molecule has 1 fully saturated rings. The molecule has 0 atom stereocenters. The van der Waals surface area contributed by atoms with Crippen LogP contribution in [0.25, 0.3) is 11.1 Å². The summed E-state index contributed by atoms with van der Waals surface area (Å²) in [6.07, 6.45) is 3.31. The number of amides is 1. The van der Waals surface area contributed by atoms with Crippen molar-refractivity contribution in [1.82, 2.24) is 19.4 Å². The van der Waals surface area contributed by atoms with Crippen LogP contribution in [-0.2, 0) is 14.8 Å². The van der Waals surface area contributed by atoms with Crippen molar-refractivity contribution in [3.63, 3.8) is 0 Å². The lowest BCUT2D eigenvalue weighted by molar-refractivity contribution is -0.114. The van der Waals surface area contributed by atoms with Crippen molar-refractivity contribution in [2.45, 2.75) is 18.7 Å². The average molecular weight is 473 g/mol. The fourth-order valence-electron chi connectivity index (χ4n) is 3.71. The molecule has 2 aromatic heterocycles. The molecule has 0 unspecified atom stereocenters. The molecule has 1 aromatic carbocycles. The third-order valence-corrected chi connectivity index (χ3v) is 7.22. The molecule has 4 rings (SSSR count). The fraction of sp³-hybridized carbons (Fsp3) is 0.333. The molecule has 1 aliphatic rings. The maximum Gasteiger partial charge on any atom is 0.246 e. The molecule has 0 saturated carbocycles. The van der Waals surface area contributed by atoms with Gasteiger partial charge in [-0.3, -0.25) is 10.1 Å². The van der Waals surface area contributed by atoms with Gasteiger partial charge in [-0.15, -0.1) is 0 Å². The van der Waals surface area contributed by atoms with Gasteiger partial charge in [0.05, 0.1) is 18.4 Å². The smallest absolute Gasteiger partial charge is 0.246 e. The van der Waals surface area contributed by atoms with E-state index in [2.05, 4.69) is 20.4 Å². The van der Waals surface area contributed by atoms with E-state index in [1.807, 2.05) is 4.90 Å². The molecule has 1 aliphatic heterocycles. The molecule has 33 heavy (non-hydrogen) atoms. The number of aromatic nitrogens is 3. The largest absolute Gasteiger partial charge is 0.495 e. The van der Waals surface area contributed by atoms with E-state index in [-0.39, 0.29) is 35.5 Å². The van der Waals surface area contributed by atoms with Gasteiger partial charge in [-0.1, -0.05) is 11.2 Å². The number of hydrogen-bond acceptors (Lipinski definition) is 9. The van der Waals surface area contributed by atoms with Crippen molar-refractivity contribution in [3.8, 4) is 16.9 Å². The van der Waals surface area contributed by atoms with Gasteiger partial charge in [0.15, 0.2) is 0 Å². The van der Waals surface area contributed by atoms with Gasteiger partial charge in [-0.2, -0.15) is 4.31 Å². The number of ether oxygens (including phenoxy) is 1. The van der Waals surface area contributed by atoms with Gasteiger partial charge in [-0.25, -0.2) is 18.4 Å². The quantitative estimate of drug-likeness (QED) is 0.571. The highest BCUT2D eigenvalue weighted by atomic mass is 32.2. The standard InChI is InChI=1S/C21H24N6O5S/c1-14-19(20(32-25-14)24-15(2)28)16-5-6-17(31-3)18(13-16)33(29,30)27-11-9-26(10-12-27)21-22-7-4-8-23-21/h4-8,13H,9-12H2,1-3H3,(H,24,28). The van der Waals surface area contributed by atoms with Crippen LogP contribution in [0.1, 0.15) is 12.6 Å². The molecular weight excluding hydrogens is 448 g/mol. The Balaban J connectivity index is 1.65. The Morgan fingerprint density at radius 1 is 1.15 bits per heavy atom. The summed E-state index contributed by atoms with van der Waals surface area (Å²) in [6, 6.07) is 6.54. The van der Waals surface area contributed by atoms with Crippen molar-refractivity contribution < 1.29 is 22.5 Å². The molecule has 0 radical (unpaired) electrons.